The summed E-state index contributed by atoms with van der Waals surface area (Å²) >= 11 is 5.32. The van der Waals surface area contributed by atoms with Gasteiger partial charge >= 0.3 is 0 Å². The van der Waals surface area contributed by atoms with Crippen LogP contribution in [-0.2, 0) is 6.54 Å². The van der Waals surface area contributed by atoms with Crippen molar-refractivity contribution in [2.75, 3.05) is 6.61 Å². The average Bonchev–Trinajstić information content (AvgIpc) is 3.30. The quantitative estimate of drug-likeness (QED) is 0.270. The molecular weight excluding hydrogens is 470 g/mol. The van der Waals surface area contributed by atoms with Gasteiger partial charge < -0.3 is 14.5 Å². The van der Waals surface area contributed by atoms with Crippen molar-refractivity contribution in [2.45, 2.75) is 40.2 Å². The number of rotatable bonds is 8. The van der Waals surface area contributed by atoms with Crippen LogP contribution >= 0.6 is 12.2 Å². The minimum absolute atomic E-state index is 0.262. The van der Waals surface area contributed by atoms with Crippen LogP contribution in [0.2, 0.25) is 0 Å². The number of thiocarbonyl (C=S) groups is 1. The van der Waals surface area contributed by atoms with Crippen molar-refractivity contribution in [3.8, 4) is 17.2 Å². The van der Waals surface area contributed by atoms with Crippen molar-refractivity contribution in [1.82, 2.24) is 15.6 Å². The van der Waals surface area contributed by atoms with E-state index in [0.29, 0.717) is 42.2 Å². The molecule has 4 rings (SSSR count). The maximum absolute atomic E-state index is 12.6. The van der Waals surface area contributed by atoms with Gasteiger partial charge in [0.25, 0.3) is 5.91 Å². The van der Waals surface area contributed by atoms with Gasteiger partial charge in [-0.25, -0.2) is 4.98 Å². The second-order valence-electron chi connectivity index (χ2n) is 9.47. The van der Waals surface area contributed by atoms with Crippen LogP contribution in [0, 0.1) is 5.92 Å². The molecule has 0 spiro atoms. The summed E-state index contributed by atoms with van der Waals surface area (Å²) in [6, 6.07) is 21.1. The summed E-state index contributed by atoms with van der Waals surface area (Å²) in [5.74, 6) is 1.81. The van der Waals surface area contributed by atoms with Crippen LogP contribution < -0.4 is 15.4 Å². The highest BCUT2D eigenvalue weighted by Crippen LogP contribution is 2.27. The normalized spacial score (nSPS) is 11.2. The molecule has 1 aromatic heterocycles. The van der Waals surface area contributed by atoms with E-state index in [-0.39, 0.29) is 11.0 Å². The lowest BCUT2D eigenvalue weighted by molar-refractivity contribution is 0.0976. The molecule has 1 amide bonds. The topological polar surface area (TPSA) is 76.4 Å². The van der Waals surface area contributed by atoms with Crippen molar-refractivity contribution in [2.24, 2.45) is 5.92 Å². The van der Waals surface area contributed by atoms with Crippen LogP contribution in [-0.4, -0.2) is 22.6 Å². The van der Waals surface area contributed by atoms with Crippen molar-refractivity contribution in [1.29, 1.82) is 0 Å². The number of hydrogen-bond donors (Lipinski definition) is 2. The van der Waals surface area contributed by atoms with E-state index in [0.717, 1.165) is 22.2 Å². The third kappa shape index (κ3) is 6.49. The van der Waals surface area contributed by atoms with Crippen LogP contribution in [0.4, 0.5) is 0 Å². The largest absolute Gasteiger partial charge is 0.493 e. The molecule has 4 aromatic rings. The van der Waals surface area contributed by atoms with E-state index in [9.17, 15) is 4.79 Å². The Morgan fingerprint density at radius 3 is 2.53 bits per heavy atom. The second-order valence-corrected chi connectivity index (χ2v) is 9.88. The Labute approximate surface area is 217 Å². The number of hydrogen-bond acceptors (Lipinski definition) is 5. The Kier molecular flexibility index (Phi) is 8.00. The first-order valence-electron chi connectivity index (χ1n) is 12.1. The first kappa shape index (κ1) is 25.4. The molecule has 2 N–H and O–H groups in total. The minimum Gasteiger partial charge on any atom is -0.493 e. The molecular formula is C29H31N3O3S. The molecule has 0 radical (unpaired) electrons. The van der Waals surface area contributed by atoms with Gasteiger partial charge in [0.15, 0.2) is 10.7 Å². The maximum atomic E-state index is 12.6. The molecule has 6 nitrogen and oxygen atoms in total. The molecule has 0 fully saturated rings. The van der Waals surface area contributed by atoms with Gasteiger partial charge in [0.2, 0.25) is 5.89 Å². The highest BCUT2D eigenvalue weighted by atomic mass is 32.1. The summed E-state index contributed by atoms with van der Waals surface area (Å²) in [6.45, 7) is 9.54. The lowest BCUT2D eigenvalue weighted by atomic mass is 10.0. The van der Waals surface area contributed by atoms with Crippen LogP contribution in [0.1, 0.15) is 55.1 Å². The summed E-state index contributed by atoms with van der Waals surface area (Å²) in [5, 5.41) is 6.07. The predicted molar refractivity (Wildman–Crippen MR) is 147 cm³/mol. The third-order valence-electron chi connectivity index (χ3n) is 5.64. The summed E-state index contributed by atoms with van der Waals surface area (Å²) in [5.41, 5.74) is 5.27. The number of nitrogens with one attached hydrogen (secondary N) is 2. The Bertz CT molecular complexity index is 1360. The zero-order valence-electron chi connectivity index (χ0n) is 21.0. The second kappa shape index (κ2) is 11.4. The molecule has 0 unspecified atom stereocenters. The Hall–Kier alpha value is -3.71. The monoisotopic (exact) mass is 501 g/mol. The number of aromatic nitrogens is 1. The first-order valence-corrected chi connectivity index (χ1v) is 12.5. The molecule has 3 aromatic carbocycles. The highest BCUT2D eigenvalue weighted by molar-refractivity contribution is 7.80. The van der Waals surface area contributed by atoms with Gasteiger partial charge in [0, 0.05) is 17.7 Å². The zero-order valence-corrected chi connectivity index (χ0v) is 21.8. The molecule has 0 bridgehead atoms. The smallest absolute Gasteiger partial charge is 0.257 e. The number of nitrogens with zero attached hydrogens (tertiary/aromatic N) is 1. The lowest BCUT2D eigenvalue weighted by Gasteiger charge is -2.12. The molecule has 0 saturated heterocycles. The van der Waals surface area contributed by atoms with Crippen LogP contribution in [0.3, 0.4) is 0 Å². The van der Waals surface area contributed by atoms with E-state index in [2.05, 4.69) is 55.4 Å². The van der Waals surface area contributed by atoms with Gasteiger partial charge in [-0.15, -0.1) is 0 Å². The summed E-state index contributed by atoms with van der Waals surface area (Å²) in [6.07, 6.45) is 0. The van der Waals surface area contributed by atoms with Crippen molar-refractivity contribution in [3.05, 3.63) is 83.4 Å². The van der Waals surface area contributed by atoms with Crippen LogP contribution in [0.5, 0.6) is 5.75 Å². The highest BCUT2D eigenvalue weighted by Gasteiger charge is 2.11. The van der Waals surface area contributed by atoms with E-state index >= 15 is 0 Å². The van der Waals surface area contributed by atoms with Crippen molar-refractivity contribution >= 4 is 34.3 Å². The van der Waals surface area contributed by atoms with Gasteiger partial charge in [-0.2, -0.15) is 0 Å². The fraction of sp³-hybridized carbons (Fsp3) is 0.276. The molecule has 0 saturated carbocycles. The van der Waals surface area contributed by atoms with Gasteiger partial charge in [-0.3, -0.25) is 10.1 Å². The van der Waals surface area contributed by atoms with Crippen LogP contribution in [0.15, 0.2) is 71.1 Å². The van der Waals surface area contributed by atoms with Gasteiger partial charge in [-0.05, 0) is 77.6 Å². The van der Waals surface area contributed by atoms with E-state index in [1.807, 2.05) is 36.4 Å². The van der Waals surface area contributed by atoms with E-state index < -0.39 is 0 Å². The molecule has 0 aliphatic heterocycles. The minimum atomic E-state index is -0.283. The molecule has 0 aliphatic carbocycles. The fourth-order valence-electron chi connectivity index (χ4n) is 3.58. The van der Waals surface area contributed by atoms with E-state index in [1.54, 1.807) is 18.2 Å². The van der Waals surface area contributed by atoms with Gasteiger partial charge in [-0.1, -0.05) is 52.0 Å². The Morgan fingerprint density at radius 1 is 1.03 bits per heavy atom. The van der Waals surface area contributed by atoms with Crippen molar-refractivity contribution < 1.29 is 13.9 Å². The summed E-state index contributed by atoms with van der Waals surface area (Å²) in [4.78, 5) is 17.2. The molecule has 36 heavy (non-hydrogen) atoms. The molecule has 0 atom stereocenters. The van der Waals surface area contributed by atoms with Gasteiger partial charge in [0.1, 0.15) is 11.3 Å². The summed E-state index contributed by atoms with van der Waals surface area (Å²) < 4.78 is 11.6. The van der Waals surface area contributed by atoms with Crippen LogP contribution in [0.25, 0.3) is 22.6 Å². The standard InChI is InChI=1S/C29H31N3O3S/c1-18(2)17-34-24-7-5-6-23(14-24)27(33)32-29(36)30-16-20-8-10-21(11-9-20)28-31-25-15-22(19(3)4)12-13-26(25)35-28/h5-15,18-19H,16-17H2,1-4H3,(H2,30,32,33,36). The number of benzene rings is 3. The number of fused-ring (bicyclic) bond motifs is 1. The molecule has 186 valence electrons. The molecule has 1 heterocycles. The zero-order chi connectivity index (χ0) is 25.7. The van der Waals surface area contributed by atoms with Gasteiger partial charge in [0.05, 0.1) is 6.61 Å². The number of carbonyl (C=O) groups excluding carboxylic acids is 1. The lowest BCUT2D eigenvalue weighted by Crippen LogP contribution is -2.38. The Balaban J connectivity index is 1.32. The number of oxazole rings is 1. The van der Waals surface area contributed by atoms with E-state index in [4.69, 9.17) is 21.4 Å². The molecule has 7 heteroatoms. The number of ether oxygens (including phenoxy) is 1. The average molecular weight is 502 g/mol. The summed E-state index contributed by atoms with van der Waals surface area (Å²) in [7, 11) is 0. The molecule has 0 aliphatic rings. The SMILES string of the molecule is CC(C)COc1cccc(C(=O)NC(=S)NCc2ccc(-c3nc4cc(C(C)C)ccc4o3)cc2)c1. The number of amides is 1. The maximum Gasteiger partial charge on any atom is 0.257 e. The first-order chi connectivity index (χ1) is 17.3. The predicted octanol–water partition coefficient (Wildman–Crippen LogP) is 6.46. The third-order valence-corrected chi connectivity index (χ3v) is 5.89. The van der Waals surface area contributed by atoms with Crippen molar-refractivity contribution in [3.63, 3.8) is 0 Å². The Morgan fingerprint density at radius 2 is 1.81 bits per heavy atom. The van der Waals surface area contributed by atoms with E-state index in [1.165, 1.54) is 5.56 Å². The fourth-order valence-corrected chi connectivity index (χ4v) is 3.75. The number of carbonyl (C=O) groups is 1.